The SMILES string of the molecule is CCC(C)Nc1cc(Nc2ccc(C)c(C)c2)nc(C)n1. The molecule has 0 saturated carbocycles. The van der Waals surface area contributed by atoms with Gasteiger partial charge in [0.2, 0.25) is 0 Å². The summed E-state index contributed by atoms with van der Waals surface area (Å²) >= 11 is 0. The fraction of sp³-hybridized carbons (Fsp3) is 0.412. The Bertz CT molecular complexity index is 622. The van der Waals surface area contributed by atoms with Gasteiger partial charge in [-0.05, 0) is 57.4 Å². The van der Waals surface area contributed by atoms with Crippen molar-refractivity contribution < 1.29 is 0 Å². The Morgan fingerprint density at radius 3 is 2.38 bits per heavy atom. The molecule has 4 heteroatoms. The summed E-state index contributed by atoms with van der Waals surface area (Å²) in [4.78, 5) is 8.88. The van der Waals surface area contributed by atoms with Crippen LogP contribution in [0.4, 0.5) is 17.3 Å². The van der Waals surface area contributed by atoms with E-state index in [1.807, 2.05) is 13.0 Å². The highest BCUT2D eigenvalue weighted by molar-refractivity contribution is 5.60. The van der Waals surface area contributed by atoms with Crippen molar-refractivity contribution in [3.63, 3.8) is 0 Å². The number of nitrogens with one attached hydrogen (secondary N) is 2. The summed E-state index contributed by atoms with van der Waals surface area (Å²) in [5.74, 6) is 2.44. The van der Waals surface area contributed by atoms with Crippen molar-refractivity contribution in [3.05, 3.63) is 41.2 Å². The van der Waals surface area contributed by atoms with Gasteiger partial charge in [0, 0.05) is 17.8 Å². The third-order valence-corrected chi connectivity index (χ3v) is 3.62. The van der Waals surface area contributed by atoms with Gasteiger partial charge in [-0.3, -0.25) is 0 Å². The summed E-state index contributed by atoms with van der Waals surface area (Å²) in [6.45, 7) is 10.4. The third kappa shape index (κ3) is 4.18. The van der Waals surface area contributed by atoms with Crippen LogP contribution in [0.2, 0.25) is 0 Å². The summed E-state index contributed by atoms with van der Waals surface area (Å²) in [6.07, 6.45) is 1.06. The predicted molar refractivity (Wildman–Crippen MR) is 89.3 cm³/mol. The van der Waals surface area contributed by atoms with Gasteiger partial charge < -0.3 is 10.6 Å². The van der Waals surface area contributed by atoms with Crippen molar-refractivity contribution >= 4 is 17.3 Å². The van der Waals surface area contributed by atoms with Crippen molar-refractivity contribution in [2.24, 2.45) is 0 Å². The van der Waals surface area contributed by atoms with Gasteiger partial charge in [-0.15, -0.1) is 0 Å². The molecule has 2 N–H and O–H groups in total. The maximum atomic E-state index is 4.45. The number of rotatable bonds is 5. The van der Waals surface area contributed by atoms with Crippen molar-refractivity contribution in [2.45, 2.75) is 47.1 Å². The zero-order valence-corrected chi connectivity index (χ0v) is 13.5. The topological polar surface area (TPSA) is 49.8 Å². The molecule has 0 aliphatic carbocycles. The quantitative estimate of drug-likeness (QED) is 0.856. The van der Waals surface area contributed by atoms with Crippen LogP contribution in [0.1, 0.15) is 37.2 Å². The number of hydrogen-bond acceptors (Lipinski definition) is 4. The van der Waals surface area contributed by atoms with Crippen molar-refractivity contribution in [1.82, 2.24) is 9.97 Å². The lowest BCUT2D eigenvalue weighted by atomic mass is 10.1. The van der Waals surface area contributed by atoms with Gasteiger partial charge >= 0.3 is 0 Å². The Labute approximate surface area is 127 Å². The summed E-state index contributed by atoms with van der Waals surface area (Å²) in [6, 6.07) is 8.67. The van der Waals surface area contributed by atoms with Gasteiger partial charge in [0.25, 0.3) is 0 Å². The zero-order valence-electron chi connectivity index (χ0n) is 13.5. The van der Waals surface area contributed by atoms with Crippen LogP contribution >= 0.6 is 0 Å². The molecular formula is C17H24N4. The van der Waals surface area contributed by atoms with Crippen LogP contribution in [0.5, 0.6) is 0 Å². The molecule has 0 amide bonds. The molecular weight excluding hydrogens is 260 g/mol. The molecule has 21 heavy (non-hydrogen) atoms. The zero-order chi connectivity index (χ0) is 15.4. The average molecular weight is 284 g/mol. The largest absolute Gasteiger partial charge is 0.367 e. The van der Waals surface area contributed by atoms with E-state index >= 15 is 0 Å². The van der Waals surface area contributed by atoms with Crippen LogP contribution in [0.25, 0.3) is 0 Å². The highest BCUT2D eigenvalue weighted by atomic mass is 15.1. The molecule has 1 atom stereocenters. The molecule has 1 heterocycles. The third-order valence-electron chi connectivity index (χ3n) is 3.62. The van der Waals surface area contributed by atoms with Crippen LogP contribution in [-0.4, -0.2) is 16.0 Å². The Hall–Kier alpha value is -2.10. The highest BCUT2D eigenvalue weighted by Crippen LogP contribution is 2.20. The normalized spacial score (nSPS) is 12.0. The molecule has 1 aromatic carbocycles. The molecule has 2 aromatic rings. The van der Waals surface area contributed by atoms with E-state index in [4.69, 9.17) is 0 Å². The average Bonchev–Trinajstić information content (AvgIpc) is 2.42. The van der Waals surface area contributed by atoms with E-state index in [1.54, 1.807) is 0 Å². The fourth-order valence-corrected chi connectivity index (χ4v) is 2.03. The second-order valence-corrected chi connectivity index (χ2v) is 5.56. The minimum absolute atomic E-state index is 0.397. The first-order valence-electron chi connectivity index (χ1n) is 7.44. The van der Waals surface area contributed by atoms with Crippen LogP contribution in [-0.2, 0) is 0 Å². The summed E-state index contributed by atoms with van der Waals surface area (Å²) in [5, 5.41) is 6.74. The summed E-state index contributed by atoms with van der Waals surface area (Å²) in [7, 11) is 0. The first-order valence-corrected chi connectivity index (χ1v) is 7.44. The molecule has 1 unspecified atom stereocenters. The van der Waals surface area contributed by atoms with Crippen LogP contribution in [0.3, 0.4) is 0 Å². The summed E-state index contributed by atoms with van der Waals surface area (Å²) < 4.78 is 0. The lowest BCUT2D eigenvalue weighted by Crippen LogP contribution is -2.15. The van der Waals surface area contributed by atoms with E-state index in [2.05, 4.69) is 66.5 Å². The van der Waals surface area contributed by atoms with Gasteiger partial charge in [-0.25, -0.2) is 9.97 Å². The molecule has 4 nitrogen and oxygen atoms in total. The van der Waals surface area contributed by atoms with Gasteiger partial charge in [0.05, 0.1) is 0 Å². The van der Waals surface area contributed by atoms with Crippen molar-refractivity contribution in [2.75, 3.05) is 10.6 Å². The maximum absolute atomic E-state index is 4.45. The highest BCUT2D eigenvalue weighted by Gasteiger charge is 2.05. The van der Waals surface area contributed by atoms with E-state index in [1.165, 1.54) is 11.1 Å². The molecule has 0 radical (unpaired) electrons. The van der Waals surface area contributed by atoms with Gasteiger partial charge in [-0.1, -0.05) is 13.0 Å². The minimum atomic E-state index is 0.397. The van der Waals surface area contributed by atoms with E-state index < -0.39 is 0 Å². The Kier molecular flexibility index (Phi) is 4.78. The van der Waals surface area contributed by atoms with Gasteiger partial charge in [0.15, 0.2) is 0 Å². The second kappa shape index (κ2) is 6.57. The smallest absolute Gasteiger partial charge is 0.136 e. The minimum Gasteiger partial charge on any atom is -0.367 e. The fourth-order valence-electron chi connectivity index (χ4n) is 2.03. The van der Waals surface area contributed by atoms with Crippen molar-refractivity contribution in [1.29, 1.82) is 0 Å². The predicted octanol–water partition coefficient (Wildman–Crippen LogP) is 4.36. The summed E-state index contributed by atoms with van der Waals surface area (Å²) in [5.41, 5.74) is 3.60. The Morgan fingerprint density at radius 2 is 1.71 bits per heavy atom. The first kappa shape index (κ1) is 15.3. The molecule has 0 saturated heterocycles. The number of aryl methyl sites for hydroxylation is 3. The first-order chi connectivity index (χ1) is 9.97. The lowest BCUT2D eigenvalue weighted by molar-refractivity contribution is 0.757. The van der Waals surface area contributed by atoms with Gasteiger partial charge in [0.1, 0.15) is 17.5 Å². The van der Waals surface area contributed by atoms with Crippen LogP contribution < -0.4 is 10.6 Å². The standard InChI is InChI=1S/C17H24N4/c1-6-13(4)18-16-10-17(20-14(5)19-16)21-15-8-7-11(2)12(3)9-15/h7-10,13H,6H2,1-5H3,(H2,18,19,20,21). The molecule has 0 spiro atoms. The Balaban J connectivity index is 2.21. The molecule has 112 valence electrons. The molecule has 0 fully saturated rings. The number of aromatic nitrogens is 2. The number of nitrogens with zero attached hydrogens (tertiary/aromatic N) is 2. The molecule has 0 aliphatic heterocycles. The maximum Gasteiger partial charge on any atom is 0.136 e. The van der Waals surface area contributed by atoms with Crippen molar-refractivity contribution in [3.8, 4) is 0 Å². The Morgan fingerprint density at radius 1 is 1.00 bits per heavy atom. The number of hydrogen-bond donors (Lipinski definition) is 2. The van der Waals surface area contributed by atoms with E-state index in [0.29, 0.717) is 6.04 Å². The van der Waals surface area contributed by atoms with E-state index in [-0.39, 0.29) is 0 Å². The monoisotopic (exact) mass is 284 g/mol. The van der Waals surface area contributed by atoms with E-state index in [9.17, 15) is 0 Å². The number of anilines is 3. The van der Waals surface area contributed by atoms with Crippen LogP contribution in [0.15, 0.2) is 24.3 Å². The van der Waals surface area contributed by atoms with E-state index in [0.717, 1.165) is 29.6 Å². The molecule has 0 aliphatic rings. The molecule has 2 rings (SSSR count). The molecule has 1 aromatic heterocycles. The lowest BCUT2D eigenvalue weighted by Gasteiger charge is -2.14. The van der Waals surface area contributed by atoms with Crippen LogP contribution in [0, 0.1) is 20.8 Å². The van der Waals surface area contributed by atoms with Gasteiger partial charge in [-0.2, -0.15) is 0 Å². The number of benzene rings is 1. The molecule has 0 bridgehead atoms. The second-order valence-electron chi connectivity index (χ2n) is 5.56.